The molecule has 2 amide bonds. The zero-order valence-electron chi connectivity index (χ0n) is 18.8. The second-order valence-corrected chi connectivity index (χ2v) is 8.34. The Morgan fingerprint density at radius 3 is 2.57 bits per heavy atom. The Balaban J connectivity index is 1.64. The van der Waals surface area contributed by atoms with Crippen molar-refractivity contribution < 1.29 is 18.4 Å². The maximum atomic E-state index is 14.0. The normalized spacial score (nSPS) is 15.8. The number of amides is 2. The van der Waals surface area contributed by atoms with E-state index >= 15 is 0 Å². The van der Waals surface area contributed by atoms with E-state index in [0.717, 1.165) is 11.1 Å². The second-order valence-electron chi connectivity index (χ2n) is 7.90. The molecule has 176 valence electrons. The molecule has 5 rings (SSSR count). The number of halogens is 2. The van der Waals surface area contributed by atoms with Crippen molar-refractivity contribution >= 4 is 28.9 Å². The van der Waals surface area contributed by atoms with E-state index in [4.69, 9.17) is 20.9 Å². The number of carbonyl (C=O) groups excluding carboxylic acids is 1. The van der Waals surface area contributed by atoms with Crippen LogP contribution in [0.3, 0.4) is 0 Å². The minimum Gasteiger partial charge on any atom is -0.497 e. The molecule has 2 heterocycles. The van der Waals surface area contributed by atoms with E-state index in [-0.39, 0.29) is 5.89 Å². The summed E-state index contributed by atoms with van der Waals surface area (Å²) >= 11 is 6.24. The van der Waals surface area contributed by atoms with Gasteiger partial charge in [0.2, 0.25) is 5.82 Å². The number of urea groups is 1. The number of benzene rings is 3. The van der Waals surface area contributed by atoms with Crippen molar-refractivity contribution in [2.45, 2.75) is 13.0 Å². The van der Waals surface area contributed by atoms with E-state index in [9.17, 15) is 9.18 Å². The smallest absolute Gasteiger partial charge is 0.327 e. The number of aromatic nitrogens is 2. The predicted molar refractivity (Wildman–Crippen MR) is 130 cm³/mol. The number of hydrogen-bond acceptors (Lipinski definition) is 5. The van der Waals surface area contributed by atoms with E-state index in [1.54, 1.807) is 56.5 Å². The van der Waals surface area contributed by atoms with Gasteiger partial charge < -0.3 is 14.6 Å². The number of methoxy groups -OCH3 is 1. The van der Waals surface area contributed by atoms with Gasteiger partial charge in [-0.15, -0.1) is 0 Å². The zero-order chi connectivity index (χ0) is 24.5. The van der Waals surface area contributed by atoms with Gasteiger partial charge in [-0.1, -0.05) is 35.0 Å². The van der Waals surface area contributed by atoms with Crippen LogP contribution in [0.2, 0.25) is 5.02 Å². The fraction of sp³-hybridized carbons (Fsp3) is 0.115. The number of rotatable bonds is 5. The Morgan fingerprint density at radius 1 is 1.09 bits per heavy atom. The first-order valence-corrected chi connectivity index (χ1v) is 11.1. The van der Waals surface area contributed by atoms with Gasteiger partial charge in [0.25, 0.3) is 5.89 Å². The molecule has 1 aromatic heterocycles. The average molecular weight is 491 g/mol. The summed E-state index contributed by atoms with van der Waals surface area (Å²) in [6.45, 7) is 1.76. The minimum absolute atomic E-state index is 0.222. The third-order valence-electron chi connectivity index (χ3n) is 5.74. The lowest BCUT2D eigenvalue weighted by molar-refractivity contribution is 0.244. The van der Waals surface area contributed by atoms with Gasteiger partial charge in [0, 0.05) is 16.3 Å². The highest BCUT2D eigenvalue weighted by Gasteiger charge is 2.36. The molecule has 0 fully saturated rings. The number of hydrogen-bond donors (Lipinski definition) is 1. The molecule has 9 heteroatoms. The van der Waals surface area contributed by atoms with Gasteiger partial charge in [-0.2, -0.15) is 4.98 Å². The summed E-state index contributed by atoms with van der Waals surface area (Å²) in [5.74, 6) is 0.848. The van der Waals surface area contributed by atoms with Crippen molar-refractivity contribution in [3.63, 3.8) is 0 Å². The van der Waals surface area contributed by atoms with Crippen molar-refractivity contribution in [3.8, 4) is 17.1 Å². The van der Waals surface area contributed by atoms with Crippen LogP contribution in [0.25, 0.3) is 17.0 Å². The molecule has 0 saturated heterocycles. The first-order chi connectivity index (χ1) is 16.9. The molecule has 1 N–H and O–H groups in total. The highest BCUT2D eigenvalue weighted by atomic mass is 35.5. The summed E-state index contributed by atoms with van der Waals surface area (Å²) in [6.07, 6.45) is 0. The molecular formula is C26H20ClFN4O3. The van der Waals surface area contributed by atoms with Gasteiger partial charge in [0.15, 0.2) is 0 Å². The summed E-state index contributed by atoms with van der Waals surface area (Å²) in [6, 6.07) is 19.2. The number of carbonyl (C=O) groups is 1. The average Bonchev–Trinajstić information content (AvgIpc) is 3.33. The predicted octanol–water partition coefficient (Wildman–Crippen LogP) is 6.24. The maximum Gasteiger partial charge on any atom is 0.327 e. The molecule has 0 bridgehead atoms. The SMILES string of the molecule is COc1ccc(-c2noc(C3=C(C)N(c4cccc(F)c4)C(=O)NC3c3cccc(Cl)c3)n2)cc1. The van der Waals surface area contributed by atoms with Crippen LogP contribution in [0.5, 0.6) is 5.75 Å². The number of nitrogens with zero attached hydrogens (tertiary/aromatic N) is 3. The largest absolute Gasteiger partial charge is 0.497 e. The first kappa shape index (κ1) is 22.6. The lowest BCUT2D eigenvalue weighted by Gasteiger charge is -2.35. The molecule has 0 radical (unpaired) electrons. The van der Waals surface area contributed by atoms with E-state index in [1.807, 2.05) is 18.2 Å². The van der Waals surface area contributed by atoms with Gasteiger partial charge in [-0.25, -0.2) is 9.18 Å². The topological polar surface area (TPSA) is 80.5 Å². The van der Waals surface area contributed by atoms with Crippen LogP contribution in [0.15, 0.2) is 83.0 Å². The lowest BCUT2D eigenvalue weighted by atomic mass is 9.94. The molecule has 0 saturated carbocycles. The molecule has 4 aromatic rings. The summed E-state index contributed by atoms with van der Waals surface area (Å²) in [5.41, 5.74) is 2.94. The van der Waals surface area contributed by atoms with E-state index in [0.29, 0.717) is 33.6 Å². The van der Waals surface area contributed by atoms with Gasteiger partial charge in [-0.05, 0) is 67.1 Å². The quantitative estimate of drug-likeness (QED) is 0.358. The van der Waals surface area contributed by atoms with Crippen LogP contribution in [0, 0.1) is 5.82 Å². The van der Waals surface area contributed by atoms with Gasteiger partial charge in [-0.3, -0.25) is 4.90 Å². The molecule has 7 nitrogen and oxygen atoms in total. The van der Waals surface area contributed by atoms with Crippen molar-refractivity contribution in [1.29, 1.82) is 0 Å². The summed E-state index contributed by atoms with van der Waals surface area (Å²) in [4.78, 5) is 19.2. The Labute approximate surface area is 205 Å². The fourth-order valence-corrected chi connectivity index (χ4v) is 4.27. The zero-order valence-corrected chi connectivity index (χ0v) is 19.6. The van der Waals surface area contributed by atoms with Crippen molar-refractivity contribution in [2.75, 3.05) is 12.0 Å². The number of ether oxygens (including phenoxy) is 1. The highest BCUT2D eigenvalue weighted by molar-refractivity contribution is 6.30. The summed E-state index contributed by atoms with van der Waals surface area (Å²) in [5, 5.41) is 7.64. The van der Waals surface area contributed by atoms with Crippen molar-refractivity contribution in [3.05, 3.63) is 101 Å². The van der Waals surface area contributed by atoms with Crippen LogP contribution in [-0.4, -0.2) is 23.3 Å². The second kappa shape index (κ2) is 9.23. The van der Waals surface area contributed by atoms with E-state index in [2.05, 4.69) is 15.5 Å². The number of anilines is 1. The van der Waals surface area contributed by atoms with Crippen LogP contribution >= 0.6 is 11.6 Å². The third-order valence-corrected chi connectivity index (χ3v) is 5.97. The highest BCUT2D eigenvalue weighted by Crippen LogP contribution is 2.39. The van der Waals surface area contributed by atoms with Gasteiger partial charge >= 0.3 is 6.03 Å². The summed E-state index contributed by atoms with van der Waals surface area (Å²) in [7, 11) is 1.59. The Kier molecular flexibility index (Phi) is 5.96. The Bertz CT molecular complexity index is 1430. The van der Waals surface area contributed by atoms with Crippen LogP contribution in [0.1, 0.15) is 24.4 Å². The summed E-state index contributed by atoms with van der Waals surface area (Å²) < 4.78 is 24.9. The Morgan fingerprint density at radius 2 is 1.86 bits per heavy atom. The van der Waals surface area contributed by atoms with E-state index in [1.165, 1.54) is 17.0 Å². The fourth-order valence-electron chi connectivity index (χ4n) is 4.07. The van der Waals surface area contributed by atoms with Crippen LogP contribution in [-0.2, 0) is 0 Å². The molecule has 0 aliphatic carbocycles. The monoisotopic (exact) mass is 490 g/mol. The molecule has 1 aliphatic rings. The van der Waals surface area contributed by atoms with E-state index < -0.39 is 17.9 Å². The van der Waals surface area contributed by atoms with Crippen LogP contribution < -0.4 is 15.0 Å². The number of nitrogens with one attached hydrogen (secondary N) is 1. The van der Waals surface area contributed by atoms with Crippen molar-refractivity contribution in [1.82, 2.24) is 15.5 Å². The van der Waals surface area contributed by atoms with Gasteiger partial charge in [0.1, 0.15) is 11.6 Å². The van der Waals surface area contributed by atoms with Crippen LogP contribution in [0.4, 0.5) is 14.9 Å². The molecular weight excluding hydrogens is 471 g/mol. The molecule has 1 atom stereocenters. The standard InChI is InChI=1S/C26H20ClFN4O3/c1-15-22(25-30-24(31-35-25)16-9-11-21(34-2)12-10-16)23(17-5-3-6-18(27)13-17)29-26(33)32(15)20-8-4-7-19(28)14-20/h3-14,23H,1-2H3,(H,29,33). The minimum atomic E-state index is -0.616. The number of allylic oxidation sites excluding steroid dienone is 1. The maximum absolute atomic E-state index is 14.0. The molecule has 35 heavy (non-hydrogen) atoms. The Hall–Kier alpha value is -4.17. The molecule has 0 spiro atoms. The first-order valence-electron chi connectivity index (χ1n) is 10.8. The van der Waals surface area contributed by atoms with Gasteiger partial charge in [0.05, 0.1) is 24.4 Å². The molecule has 1 unspecified atom stereocenters. The molecule has 3 aromatic carbocycles. The molecule has 1 aliphatic heterocycles. The third kappa shape index (κ3) is 4.36. The van der Waals surface area contributed by atoms with Crippen molar-refractivity contribution in [2.24, 2.45) is 0 Å². The lowest BCUT2D eigenvalue weighted by Crippen LogP contribution is -2.46.